The Kier molecular flexibility index (Phi) is 5.54. The predicted molar refractivity (Wildman–Crippen MR) is 104 cm³/mol. The number of aromatic amines is 1. The fourth-order valence-electron chi connectivity index (χ4n) is 3.58. The Balaban J connectivity index is 1.99. The lowest BCUT2D eigenvalue weighted by Gasteiger charge is -2.31. The zero-order valence-electron chi connectivity index (χ0n) is 16.3. The monoisotopic (exact) mass is 461 g/mol. The van der Waals surface area contributed by atoms with Gasteiger partial charge in [0.1, 0.15) is 12.0 Å². The molecule has 1 atom stereocenters. The van der Waals surface area contributed by atoms with Gasteiger partial charge in [0.05, 0.1) is 42.1 Å². The van der Waals surface area contributed by atoms with Crippen molar-refractivity contribution >= 4 is 30.0 Å². The van der Waals surface area contributed by atoms with E-state index in [9.17, 15) is 27.4 Å². The highest BCUT2D eigenvalue weighted by atomic mass is 31.2. The lowest BCUT2D eigenvalue weighted by Crippen LogP contribution is -2.37. The Labute approximate surface area is 173 Å². The normalized spacial score (nSPS) is 17.4. The SMILES string of the molecule is CCOP(=O)(O)Cc1nnc2c(=O)[nH]c3cc(C(F)(F)F)c(N4CCOCC4)cc3n12. The van der Waals surface area contributed by atoms with Crippen LogP contribution in [-0.2, 0) is 26.2 Å². The molecule has 0 spiro atoms. The molecule has 1 unspecified atom stereocenters. The van der Waals surface area contributed by atoms with E-state index < -0.39 is 31.1 Å². The molecule has 31 heavy (non-hydrogen) atoms. The van der Waals surface area contributed by atoms with E-state index >= 15 is 0 Å². The first-order valence-electron chi connectivity index (χ1n) is 9.41. The zero-order chi connectivity index (χ0) is 22.4. The maximum Gasteiger partial charge on any atom is 0.418 e. The molecule has 0 amide bonds. The summed E-state index contributed by atoms with van der Waals surface area (Å²) in [5.74, 6) is -0.0712. The van der Waals surface area contributed by atoms with Gasteiger partial charge in [0.25, 0.3) is 5.56 Å². The predicted octanol–water partition coefficient (Wildman–Crippen LogP) is 2.15. The minimum atomic E-state index is -4.67. The molecule has 3 heterocycles. The van der Waals surface area contributed by atoms with Crippen LogP contribution in [0.1, 0.15) is 18.3 Å². The van der Waals surface area contributed by atoms with Crippen molar-refractivity contribution in [3.63, 3.8) is 0 Å². The highest BCUT2D eigenvalue weighted by molar-refractivity contribution is 7.51. The van der Waals surface area contributed by atoms with Gasteiger partial charge in [-0.05, 0) is 19.1 Å². The molecule has 4 rings (SSSR count). The van der Waals surface area contributed by atoms with Crippen molar-refractivity contribution in [2.24, 2.45) is 0 Å². The molecule has 0 bridgehead atoms. The van der Waals surface area contributed by atoms with Crippen LogP contribution in [0.15, 0.2) is 16.9 Å². The van der Waals surface area contributed by atoms with Crippen molar-refractivity contribution in [3.05, 3.63) is 33.9 Å². The summed E-state index contributed by atoms with van der Waals surface area (Å²) in [5.41, 5.74) is -1.91. The van der Waals surface area contributed by atoms with Gasteiger partial charge < -0.3 is 24.0 Å². The molecular formula is C17H19F3N5O5P. The average molecular weight is 461 g/mol. The van der Waals surface area contributed by atoms with E-state index in [2.05, 4.69) is 15.2 Å². The number of hydrogen-bond acceptors (Lipinski definition) is 7. The number of benzene rings is 1. The van der Waals surface area contributed by atoms with Gasteiger partial charge in [0.2, 0.25) is 5.65 Å². The summed E-state index contributed by atoms with van der Waals surface area (Å²) in [7, 11) is -4.10. The first-order valence-corrected chi connectivity index (χ1v) is 11.2. The highest BCUT2D eigenvalue weighted by Gasteiger charge is 2.36. The number of aromatic nitrogens is 4. The molecule has 2 N–H and O–H groups in total. The number of H-pyrrole nitrogens is 1. The van der Waals surface area contributed by atoms with E-state index in [0.29, 0.717) is 0 Å². The minimum Gasteiger partial charge on any atom is -0.378 e. The number of morpholine rings is 1. The van der Waals surface area contributed by atoms with Crippen molar-refractivity contribution in [2.75, 3.05) is 37.8 Å². The Hall–Kier alpha value is -2.47. The number of hydrogen-bond donors (Lipinski definition) is 2. The molecule has 0 saturated carbocycles. The molecular weight excluding hydrogens is 442 g/mol. The van der Waals surface area contributed by atoms with Crippen LogP contribution in [0.2, 0.25) is 0 Å². The summed E-state index contributed by atoms with van der Waals surface area (Å²) in [5, 5.41) is 7.56. The molecule has 1 aromatic carbocycles. The minimum absolute atomic E-state index is 0.0258. The third-order valence-corrected chi connectivity index (χ3v) is 6.21. The Morgan fingerprint density at radius 3 is 2.65 bits per heavy atom. The van der Waals surface area contributed by atoms with E-state index in [1.165, 1.54) is 17.4 Å². The zero-order valence-corrected chi connectivity index (χ0v) is 17.2. The van der Waals surface area contributed by atoms with Crippen molar-refractivity contribution in [1.82, 2.24) is 19.6 Å². The summed E-state index contributed by atoms with van der Waals surface area (Å²) >= 11 is 0. The summed E-state index contributed by atoms with van der Waals surface area (Å²) in [6.07, 6.45) is -5.23. The van der Waals surface area contributed by atoms with Crippen LogP contribution >= 0.6 is 7.60 Å². The van der Waals surface area contributed by atoms with Crippen LogP contribution < -0.4 is 10.5 Å². The van der Waals surface area contributed by atoms with Gasteiger partial charge in [0, 0.05) is 13.1 Å². The Morgan fingerprint density at radius 1 is 1.29 bits per heavy atom. The van der Waals surface area contributed by atoms with Gasteiger partial charge in [-0.15, -0.1) is 10.2 Å². The molecule has 1 aliphatic rings. The topological polar surface area (TPSA) is 122 Å². The number of nitrogens with zero attached hydrogens (tertiary/aromatic N) is 4. The van der Waals surface area contributed by atoms with E-state index in [4.69, 9.17) is 9.26 Å². The Morgan fingerprint density at radius 2 is 2.00 bits per heavy atom. The van der Waals surface area contributed by atoms with Crippen LogP contribution in [0.25, 0.3) is 16.7 Å². The second-order valence-corrected chi connectivity index (χ2v) is 8.78. The third-order valence-electron chi connectivity index (χ3n) is 4.87. The van der Waals surface area contributed by atoms with Crippen LogP contribution in [0, 0.1) is 0 Å². The number of rotatable bonds is 5. The fourth-order valence-corrected chi connectivity index (χ4v) is 4.64. The number of fused-ring (bicyclic) bond motifs is 3. The third kappa shape index (κ3) is 4.18. The van der Waals surface area contributed by atoms with Gasteiger partial charge in [-0.25, -0.2) is 0 Å². The summed E-state index contributed by atoms with van der Waals surface area (Å²) in [6.45, 7) is 2.57. The first kappa shape index (κ1) is 21.8. The molecule has 168 valence electrons. The van der Waals surface area contributed by atoms with E-state index in [1.54, 1.807) is 4.90 Å². The Bertz CT molecular complexity index is 1230. The van der Waals surface area contributed by atoms with Gasteiger partial charge in [-0.3, -0.25) is 13.8 Å². The molecule has 10 nitrogen and oxygen atoms in total. The maximum atomic E-state index is 13.8. The second-order valence-electron chi connectivity index (χ2n) is 6.93. The van der Waals surface area contributed by atoms with Crippen LogP contribution in [0.3, 0.4) is 0 Å². The molecule has 1 saturated heterocycles. The number of halogens is 3. The fraction of sp³-hybridized carbons (Fsp3) is 0.471. The summed E-state index contributed by atoms with van der Waals surface area (Å²) in [4.78, 5) is 26.3. The van der Waals surface area contributed by atoms with E-state index in [1.807, 2.05) is 0 Å². The average Bonchev–Trinajstić information content (AvgIpc) is 3.11. The van der Waals surface area contributed by atoms with Crippen LogP contribution in [-0.4, -0.2) is 57.4 Å². The lowest BCUT2D eigenvalue weighted by molar-refractivity contribution is -0.137. The lowest BCUT2D eigenvalue weighted by atomic mass is 10.1. The van der Waals surface area contributed by atoms with Gasteiger partial charge in [0.15, 0.2) is 0 Å². The van der Waals surface area contributed by atoms with Crippen molar-refractivity contribution in [3.8, 4) is 0 Å². The van der Waals surface area contributed by atoms with Crippen LogP contribution in [0.5, 0.6) is 0 Å². The van der Waals surface area contributed by atoms with Crippen molar-refractivity contribution in [2.45, 2.75) is 19.3 Å². The molecule has 14 heteroatoms. The quantitative estimate of drug-likeness (QED) is 0.555. The number of nitrogens with one attached hydrogen (secondary N) is 1. The maximum absolute atomic E-state index is 13.8. The summed E-state index contributed by atoms with van der Waals surface area (Å²) < 4.78 is 64.9. The summed E-state index contributed by atoms with van der Waals surface area (Å²) in [6, 6.07) is 2.13. The van der Waals surface area contributed by atoms with Gasteiger partial charge in [-0.1, -0.05) is 0 Å². The largest absolute Gasteiger partial charge is 0.418 e. The van der Waals surface area contributed by atoms with Crippen molar-refractivity contribution < 1.29 is 31.9 Å². The smallest absolute Gasteiger partial charge is 0.378 e. The van der Waals surface area contributed by atoms with Gasteiger partial charge in [-0.2, -0.15) is 13.2 Å². The van der Waals surface area contributed by atoms with Crippen molar-refractivity contribution in [1.29, 1.82) is 0 Å². The number of alkyl halides is 3. The molecule has 0 radical (unpaired) electrons. The molecule has 3 aromatic rings. The molecule has 1 aliphatic heterocycles. The number of ether oxygens (including phenoxy) is 1. The number of anilines is 1. The van der Waals surface area contributed by atoms with E-state index in [-0.39, 0.29) is 61.1 Å². The van der Waals surface area contributed by atoms with Gasteiger partial charge >= 0.3 is 13.8 Å². The molecule has 1 fully saturated rings. The standard InChI is InChI=1S/C17H19F3N5O5P/c1-2-30-31(27,28)9-14-22-23-15-16(26)21-11-7-10(17(18,19)20)12(8-13(11)25(14)15)24-3-5-29-6-4-24/h7-8H,2-6,9H2,1H3,(H,21,26)(H,27,28). The van der Waals surface area contributed by atoms with Crippen LogP contribution in [0.4, 0.5) is 18.9 Å². The van der Waals surface area contributed by atoms with E-state index in [0.717, 1.165) is 6.07 Å². The molecule has 2 aromatic heterocycles. The second kappa shape index (κ2) is 7.90. The highest BCUT2D eigenvalue weighted by Crippen LogP contribution is 2.45. The first-order chi connectivity index (χ1) is 14.6. The molecule has 0 aliphatic carbocycles.